The number of nitrogens with one attached hydrogen (secondary N) is 9. The van der Waals surface area contributed by atoms with Crippen molar-refractivity contribution in [1.29, 1.82) is 0 Å². The van der Waals surface area contributed by atoms with Gasteiger partial charge in [0.05, 0.1) is 74.1 Å². The number of urea groups is 1. The summed E-state index contributed by atoms with van der Waals surface area (Å²) in [4.78, 5) is 192. The zero-order chi connectivity index (χ0) is 91.2. The number of primary amides is 1. The average molecular weight is 1760 g/mol. The van der Waals surface area contributed by atoms with Gasteiger partial charge in [-0.3, -0.25) is 63.0 Å². The molecular formula is C87H133N13O21S2. The lowest BCUT2D eigenvalue weighted by Gasteiger charge is -2.41. The lowest BCUT2D eigenvalue weighted by Crippen LogP contribution is -2.60. The van der Waals surface area contributed by atoms with E-state index in [4.69, 9.17) is 34.2 Å². The summed E-state index contributed by atoms with van der Waals surface area (Å²) in [7, 11) is 9.23. The molecule has 2 heterocycles. The number of rotatable bonds is 49. The minimum Gasteiger partial charge on any atom is -0.445 e. The van der Waals surface area contributed by atoms with E-state index < -0.39 is 150 Å². The molecule has 5 rings (SSSR count). The van der Waals surface area contributed by atoms with Crippen LogP contribution in [0.25, 0.3) is 0 Å². The number of aliphatic hydroxyl groups is 1. The van der Waals surface area contributed by atoms with Crippen molar-refractivity contribution < 1.29 is 101 Å². The average Bonchev–Trinajstić information content (AvgIpc) is 1.77. The van der Waals surface area contributed by atoms with Gasteiger partial charge in [0.25, 0.3) is 5.91 Å². The number of ketones is 2. The highest BCUT2D eigenvalue weighted by Crippen LogP contribution is 2.32. The molecule has 15 atom stereocenters. The number of likely N-dealkylation sites (tertiary alicyclic amines) is 1. The van der Waals surface area contributed by atoms with Gasteiger partial charge in [-0.15, -0.1) is 0 Å². The lowest BCUT2D eigenvalue weighted by molar-refractivity contribution is -0.148. The molecule has 123 heavy (non-hydrogen) atoms. The summed E-state index contributed by atoms with van der Waals surface area (Å²) in [6.45, 7) is 21.7. The fourth-order valence-corrected chi connectivity index (χ4v) is 17.3. The Morgan fingerprint density at radius 2 is 1.33 bits per heavy atom. The standard InChI is InChI=1S/C87H133N13O21S2/c1-17-54(8)75(68(116-15)47-71(104)100-43-24-29-67(100)78(117-16)56(10)79(107)92-57(11)77(106)60-25-19-18-20-26-60)98(13)84(112)73(52(4)5)97-83(111)74(53(6)7)99(14)86(114)120-48-59-30-34-62(35-31-59)93-81(109)65(28-23-41-91-85(88)113)95-82(110)72(51(2)3)96-70(103)39-38-69(102)89-42-44-118-45-46-119-87(115)121-63-36-32-61(33-37-63)80(108)90-40-22-21-27-64-76(105)55(9)49-122-123-50-66(94-64)58(12)101/h18-20,25-26,30-37,51-57,64-68,72-75,77-78,94,106H,17,21-24,27-29,38-50H2,1-16H3,(H,89,102)(H,90,108)(H,92,107)(H,93,109)(H,95,110)(H,96,103)(H,97,111)(H3,88,91,113)/t54-,55?,56+,57+,64-,65-,66?,67-,68+,72-,73-,74-,75-,77+,78+/m0/s1. The van der Waals surface area contributed by atoms with Gasteiger partial charge >= 0.3 is 18.3 Å². The number of aliphatic hydroxyl groups excluding tert-OH is 1. The first kappa shape index (κ1) is 104. The molecule has 0 spiro atoms. The van der Waals surface area contributed by atoms with Crippen LogP contribution in [0.5, 0.6) is 5.75 Å². The molecule has 0 bridgehead atoms. The Morgan fingerprint density at radius 1 is 0.675 bits per heavy atom. The van der Waals surface area contributed by atoms with Crippen LogP contribution in [-0.2, 0) is 78.2 Å². The summed E-state index contributed by atoms with van der Waals surface area (Å²) in [5.41, 5.74) is 7.06. The Kier molecular flexibility index (Phi) is 45.4. The van der Waals surface area contributed by atoms with Gasteiger partial charge in [0, 0.05) is 96.0 Å². The van der Waals surface area contributed by atoms with Crippen LogP contribution in [0.1, 0.15) is 181 Å². The predicted octanol–water partition coefficient (Wildman–Crippen LogP) is 7.14. The van der Waals surface area contributed by atoms with Crippen molar-refractivity contribution >= 4 is 110 Å². The number of ether oxygens (including phenoxy) is 6. The molecule has 36 heteroatoms. The molecule has 2 aliphatic heterocycles. The van der Waals surface area contributed by atoms with E-state index in [1.54, 1.807) is 125 Å². The Balaban J connectivity index is 1.05. The van der Waals surface area contributed by atoms with Gasteiger partial charge in [-0.1, -0.05) is 140 Å². The number of unbranched alkanes of at least 4 members (excludes halogenated alkanes) is 1. The van der Waals surface area contributed by atoms with Crippen LogP contribution >= 0.6 is 21.6 Å². The highest BCUT2D eigenvalue weighted by atomic mass is 33.1. The van der Waals surface area contributed by atoms with Crippen LogP contribution in [0.2, 0.25) is 0 Å². The number of hydrogen-bond donors (Lipinski definition) is 11. The van der Waals surface area contributed by atoms with Crippen molar-refractivity contribution in [2.24, 2.45) is 41.2 Å². The van der Waals surface area contributed by atoms with Crippen LogP contribution in [0.3, 0.4) is 0 Å². The summed E-state index contributed by atoms with van der Waals surface area (Å²) in [6, 6.07) is 13.3. The summed E-state index contributed by atoms with van der Waals surface area (Å²) in [5.74, 6) is -5.42. The van der Waals surface area contributed by atoms with E-state index in [-0.39, 0.29) is 118 Å². The van der Waals surface area contributed by atoms with E-state index >= 15 is 0 Å². The first-order valence-corrected chi connectivity index (χ1v) is 44.9. The maximum absolute atomic E-state index is 14.9. The number of Topliss-reactive ketones (excluding diaryl/α,β-unsaturated/α-hetero) is 2. The van der Waals surface area contributed by atoms with E-state index in [1.807, 2.05) is 39.0 Å². The molecule has 2 saturated heterocycles. The molecule has 34 nitrogen and oxygen atoms in total. The highest BCUT2D eigenvalue weighted by molar-refractivity contribution is 8.76. The Morgan fingerprint density at radius 3 is 1.96 bits per heavy atom. The quantitative estimate of drug-likeness (QED) is 0.0116. The van der Waals surface area contributed by atoms with Gasteiger partial charge in [-0.25, -0.2) is 14.4 Å². The van der Waals surface area contributed by atoms with E-state index in [2.05, 4.69) is 47.9 Å². The molecule has 2 fully saturated rings. The lowest BCUT2D eigenvalue weighted by atomic mass is 9.89. The van der Waals surface area contributed by atoms with E-state index in [9.17, 15) is 72.2 Å². The van der Waals surface area contributed by atoms with E-state index in [0.29, 0.717) is 85.5 Å². The van der Waals surface area contributed by atoms with Crippen molar-refractivity contribution in [2.75, 3.05) is 91.1 Å². The minimum absolute atomic E-state index is 0.0111. The highest BCUT2D eigenvalue weighted by Gasteiger charge is 2.45. The third-order valence-electron chi connectivity index (χ3n) is 22.0. The van der Waals surface area contributed by atoms with Crippen molar-refractivity contribution in [3.05, 3.63) is 95.6 Å². The molecule has 0 aromatic heterocycles. The Hall–Kier alpha value is -9.46. The number of nitrogens with two attached hydrogens (primary N) is 1. The number of methoxy groups -OCH3 is 2. The van der Waals surface area contributed by atoms with Crippen molar-refractivity contribution in [3.63, 3.8) is 0 Å². The summed E-state index contributed by atoms with van der Waals surface area (Å²) >= 11 is 0. The molecule has 2 aliphatic rings. The molecule has 3 aromatic carbocycles. The number of amides is 12. The number of nitrogens with zero attached hydrogens (tertiary/aromatic N) is 3. The largest absolute Gasteiger partial charge is 0.513 e. The zero-order valence-corrected chi connectivity index (χ0v) is 75.7. The third-order valence-corrected chi connectivity index (χ3v) is 24.6. The van der Waals surface area contributed by atoms with Crippen LogP contribution in [0.4, 0.5) is 20.1 Å². The molecular weight excluding hydrogens is 1630 g/mol. The first-order chi connectivity index (χ1) is 58.4. The fourth-order valence-electron chi connectivity index (χ4n) is 14.6. The number of likely N-dealkylation sites (N-methyl/N-ethyl adjacent to an activating group) is 2. The van der Waals surface area contributed by atoms with Gasteiger partial charge in [0.1, 0.15) is 48.9 Å². The number of carbonyl (C=O) groups is 14. The second kappa shape index (κ2) is 53.7. The summed E-state index contributed by atoms with van der Waals surface area (Å²) < 4.78 is 33.5. The van der Waals surface area contributed by atoms with Gasteiger partial charge in [0.15, 0.2) is 5.78 Å². The maximum atomic E-state index is 14.9. The zero-order valence-electron chi connectivity index (χ0n) is 74.1. The molecule has 684 valence electrons. The van der Waals surface area contributed by atoms with Crippen LogP contribution in [-0.4, -0.2) is 255 Å². The smallest absolute Gasteiger partial charge is 0.445 e. The van der Waals surface area contributed by atoms with Crippen LogP contribution in [0, 0.1) is 35.5 Å². The van der Waals surface area contributed by atoms with Crippen LogP contribution < -0.4 is 58.3 Å². The Labute approximate surface area is 731 Å². The summed E-state index contributed by atoms with van der Waals surface area (Å²) in [5, 5.41) is 36.2. The van der Waals surface area contributed by atoms with Gasteiger partial charge < -0.3 is 91.6 Å². The second-order valence-corrected chi connectivity index (χ2v) is 35.0. The van der Waals surface area contributed by atoms with Crippen molar-refractivity contribution in [1.82, 2.24) is 57.2 Å². The number of benzene rings is 3. The second-order valence-electron chi connectivity index (χ2n) is 32.5. The van der Waals surface area contributed by atoms with Crippen molar-refractivity contribution in [3.8, 4) is 5.75 Å². The van der Waals surface area contributed by atoms with E-state index in [1.165, 1.54) is 57.4 Å². The van der Waals surface area contributed by atoms with Crippen molar-refractivity contribution in [2.45, 2.75) is 233 Å². The SMILES string of the molecule is CC[C@H](C)[C@@H]([C@@H](CC(=O)N1CCC[C@H]1[C@H](OC)[C@@H](C)C(=O)N[C@H](C)[C@@H](O)c1ccccc1)OC)N(C)C(=O)[C@@H](NC(=O)[C@H](C(C)C)N(C)C(=O)OCc1ccc(NC(=O)[C@H](CCCNC(N)=O)NC(=O)[C@@H](NC(=O)CCC(=O)NCCOCCOC(=O)Oc2ccc(C(=O)NCCCC[C@@H]3NC(C(C)=O)CSSCC(C)C3=O)cc2)C(C)C)cc1)C(C)C. The monoisotopic (exact) mass is 1760 g/mol. The number of anilines is 1. The predicted molar refractivity (Wildman–Crippen MR) is 467 cm³/mol. The normalized spacial score (nSPS) is 18.1. The molecule has 0 aliphatic carbocycles. The van der Waals surface area contributed by atoms with Gasteiger partial charge in [0.2, 0.25) is 47.3 Å². The first-order valence-electron chi connectivity index (χ1n) is 42.4. The minimum atomic E-state index is -1.20. The number of hydrogen-bond acceptors (Lipinski definition) is 24. The molecule has 0 saturated carbocycles. The topological polar surface area (TPSA) is 459 Å². The van der Waals surface area contributed by atoms with Gasteiger partial charge in [-0.05, 0) is 130 Å². The molecule has 0 radical (unpaired) electrons. The molecule has 12 N–H and O–H groups in total. The third kappa shape index (κ3) is 34.2. The van der Waals surface area contributed by atoms with Gasteiger partial charge in [-0.2, -0.15) is 0 Å². The molecule has 12 amide bonds. The maximum Gasteiger partial charge on any atom is 0.513 e. The summed E-state index contributed by atoms with van der Waals surface area (Å²) in [6.07, 6.45) is -1.08. The Bertz CT molecular complexity index is 3920. The van der Waals surface area contributed by atoms with Crippen LogP contribution in [0.15, 0.2) is 78.9 Å². The molecule has 2 unspecified atom stereocenters. The fraction of sp³-hybridized carbons (Fsp3) is 0.632. The molecule has 3 aromatic rings. The van der Waals surface area contributed by atoms with E-state index in [0.717, 1.165) is 4.90 Å². The number of carbonyl (C=O) groups excluding carboxylic acids is 14.